The van der Waals surface area contributed by atoms with Gasteiger partial charge in [-0.15, -0.1) is 0 Å². The van der Waals surface area contributed by atoms with Crippen LogP contribution in [0, 0.1) is 0 Å². The standard InChI is InChI=1S/C56H37N5/c1-4-14-37(15-5-1)38-26-28-39(29-27-38)51-36-52(58-53(57-51)40-16-6-2-7-17-40)46-23-12-21-42(32-46)43-22-13-24-47(33-43)55-59-54(41-18-8-3-9-19-41)60-56(61-55)48-31-30-45-34-44-20-10-11-25-49(44)50(45)35-48/h1-33,35-36H,34H2. The zero-order chi connectivity index (χ0) is 40.5. The number of hydrogen-bond acceptors (Lipinski definition) is 5. The van der Waals surface area contributed by atoms with Gasteiger partial charge in [0.05, 0.1) is 11.4 Å². The highest BCUT2D eigenvalue weighted by molar-refractivity contribution is 5.82. The predicted octanol–water partition coefficient (Wildman–Crippen LogP) is 13.6. The van der Waals surface area contributed by atoms with Gasteiger partial charge in [0.25, 0.3) is 0 Å². The molecule has 2 heterocycles. The highest BCUT2D eigenvalue weighted by Gasteiger charge is 2.20. The van der Waals surface area contributed by atoms with Crippen molar-refractivity contribution < 1.29 is 0 Å². The fraction of sp³-hybridized carbons (Fsp3) is 0.0179. The van der Waals surface area contributed by atoms with Gasteiger partial charge in [-0.1, -0.05) is 188 Å². The summed E-state index contributed by atoms with van der Waals surface area (Å²) in [5, 5.41) is 0. The van der Waals surface area contributed by atoms with Crippen molar-refractivity contribution in [3.8, 4) is 101 Å². The third kappa shape index (κ3) is 7.19. The van der Waals surface area contributed by atoms with Gasteiger partial charge in [-0.3, -0.25) is 0 Å². The number of rotatable bonds is 8. The second-order valence-corrected chi connectivity index (χ2v) is 15.3. The highest BCUT2D eigenvalue weighted by atomic mass is 15.0. The molecular weight excluding hydrogens is 743 g/mol. The fourth-order valence-electron chi connectivity index (χ4n) is 8.23. The Morgan fingerprint density at radius 2 is 0.639 bits per heavy atom. The second kappa shape index (κ2) is 15.6. The highest BCUT2D eigenvalue weighted by Crippen LogP contribution is 2.39. The third-order valence-corrected chi connectivity index (χ3v) is 11.4. The van der Waals surface area contributed by atoms with Gasteiger partial charge >= 0.3 is 0 Å². The maximum atomic E-state index is 5.14. The molecule has 0 unspecified atom stereocenters. The van der Waals surface area contributed by atoms with Crippen molar-refractivity contribution in [3.63, 3.8) is 0 Å². The molecule has 0 amide bonds. The summed E-state index contributed by atoms with van der Waals surface area (Å²) in [6.07, 6.45) is 0.938. The first kappa shape index (κ1) is 36.0. The Balaban J connectivity index is 0.973. The fourth-order valence-corrected chi connectivity index (χ4v) is 8.23. The topological polar surface area (TPSA) is 64.5 Å². The number of aromatic nitrogens is 5. The van der Waals surface area contributed by atoms with E-state index in [2.05, 4.69) is 158 Å². The quantitative estimate of drug-likeness (QED) is 0.154. The first-order valence-electron chi connectivity index (χ1n) is 20.5. The van der Waals surface area contributed by atoms with Crippen molar-refractivity contribution in [1.82, 2.24) is 24.9 Å². The Morgan fingerprint density at radius 1 is 0.230 bits per heavy atom. The second-order valence-electron chi connectivity index (χ2n) is 15.3. The summed E-state index contributed by atoms with van der Waals surface area (Å²) in [6.45, 7) is 0. The molecule has 0 bridgehead atoms. The van der Waals surface area contributed by atoms with Crippen LogP contribution in [0.1, 0.15) is 11.1 Å². The average Bonchev–Trinajstić information content (AvgIpc) is 3.73. The van der Waals surface area contributed by atoms with Crippen molar-refractivity contribution in [1.29, 1.82) is 0 Å². The molecule has 286 valence electrons. The maximum absolute atomic E-state index is 5.14. The summed E-state index contributed by atoms with van der Waals surface area (Å²) in [7, 11) is 0. The Bertz CT molecular complexity index is 3200. The first-order chi connectivity index (χ1) is 30.2. The van der Waals surface area contributed by atoms with E-state index in [0.29, 0.717) is 23.3 Å². The first-order valence-corrected chi connectivity index (χ1v) is 20.5. The van der Waals surface area contributed by atoms with E-state index in [1.165, 1.54) is 27.8 Å². The van der Waals surface area contributed by atoms with Gasteiger partial charge < -0.3 is 0 Å². The molecule has 0 aliphatic heterocycles. The SMILES string of the molecule is c1ccc(-c2ccc(-c3cc(-c4cccc(-c5cccc(-c6nc(-c7ccccc7)nc(-c7ccc8c(c7)-c7ccccc7C8)n6)c5)c4)nc(-c4ccccc4)n3)cc2)cc1. The Morgan fingerprint density at radius 3 is 1.30 bits per heavy atom. The lowest BCUT2D eigenvalue weighted by Crippen LogP contribution is -2.00. The molecule has 8 aromatic carbocycles. The van der Waals surface area contributed by atoms with E-state index in [4.69, 9.17) is 24.9 Å². The monoisotopic (exact) mass is 779 g/mol. The third-order valence-electron chi connectivity index (χ3n) is 11.4. The summed E-state index contributed by atoms with van der Waals surface area (Å²) in [4.78, 5) is 25.5. The van der Waals surface area contributed by atoms with E-state index >= 15 is 0 Å². The lowest BCUT2D eigenvalue weighted by molar-refractivity contribution is 1.07. The molecule has 0 radical (unpaired) electrons. The summed E-state index contributed by atoms with van der Waals surface area (Å²) in [6, 6.07) is 73.7. The van der Waals surface area contributed by atoms with Crippen molar-refractivity contribution >= 4 is 0 Å². The van der Waals surface area contributed by atoms with Crippen LogP contribution in [0.5, 0.6) is 0 Å². The van der Waals surface area contributed by atoms with Gasteiger partial charge in [-0.05, 0) is 75.2 Å². The molecule has 61 heavy (non-hydrogen) atoms. The largest absolute Gasteiger partial charge is 0.228 e. The van der Waals surface area contributed by atoms with Gasteiger partial charge in [0, 0.05) is 33.4 Å². The van der Waals surface area contributed by atoms with Crippen LogP contribution in [0.25, 0.3) is 101 Å². The summed E-state index contributed by atoms with van der Waals surface area (Å²) in [5.41, 5.74) is 17.2. The lowest BCUT2D eigenvalue weighted by atomic mass is 9.98. The molecule has 11 rings (SSSR count). The van der Waals surface area contributed by atoms with Crippen molar-refractivity contribution in [2.75, 3.05) is 0 Å². The molecule has 1 aliphatic rings. The minimum absolute atomic E-state index is 0.619. The van der Waals surface area contributed by atoms with Crippen LogP contribution in [-0.2, 0) is 6.42 Å². The summed E-state index contributed by atoms with van der Waals surface area (Å²) >= 11 is 0. The van der Waals surface area contributed by atoms with E-state index in [1.54, 1.807) is 0 Å². The van der Waals surface area contributed by atoms with Crippen LogP contribution >= 0.6 is 0 Å². The zero-order valence-corrected chi connectivity index (χ0v) is 33.2. The smallest absolute Gasteiger partial charge is 0.164 e. The molecule has 0 saturated carbocycles. The molecule has 5 nitrogen and oxygen atoms in total. The normalized spacial score (nSPS) is 11.5. The van der Waals surface area contributed by atoms with Crippen LogP contribution in [-0.4, -0.2) is 24.9 Å². The Labute approximate surface area is 354 Å². The number of nitrogens with zero attached hydrogens (tertiary/aromatic N) is 5. The van der Waals surface area contributed by atoms with Crippen molar-refractivity contribution in [3.05, 3.63) is 223 Å². The van der Waals surface area contributed by atoms with Gasteiger partial charge in [0.1, 0.15) is 0 Å². The molecule has 0 N–H and O–H groups in total. The molecular formula is C56H37N5. The number of benzene rings is 8. The van der Waals surface area contributed by atoms with Crippen LogP contribution in [0.15, 0.2) is 212 Å². The molecule has 0 atom stereocenters. The van der Waals surface area contributed by atoms with E-state index in [-0.39, 0.29) is 0 Å². The van der Waals surface area contributed by atoms with Gasteiger partial charge in [-0.25, -0.2) is 24.9 Å². The van der Waals surface area contributed by atoms with Crippen LogP contribution < -0.4 is 0 Å². The molecule has 0 spiro atoms. The van der Waals surface area contributed by atoms with Crippen LogP contribution in [0.4, 0.5) is 0 Å². The lowest BCUT2D eigenvalue weighted by Gasteiger charge is -2.12. The molecule has 1 aliphatic carbocycles. The van der Waals surface area contributed by atoms with Gasteiger partial charge in [0.15, 0.2) is 23.3 Å². The number of hydrogen-bond donors (Lipinski definition) is 0. The van der Waals surface area contributed by atoms with E-state index in [9.17, 15) is 0 Å². The minimum atomic E-state index is 0.619. The maximum Gasteiger partial charge on any atom is 0.164 e. The van der Waals surface area contributed by atoms with Crippen LogP contribution in [0.3, 0.4) is 0 Å². The molecule has 5 heteroatoms. The molecule has 2 aromatic heterocycles. The zero-order valence-electron chi connectivity index (χ0n) is 33.2. The van der Waals surface area contributed by atoms with Gasteiger partial charge in [-0.2, -0.15) is 0 Å². The van der Waals surface area contributed by atoms with E-state index < -0.39 is 0 Å². The van der Waals surface area contributed by atoms with E-state index in [1.807, 2.05) is 54.6 Å². The molecule has 10 aromatic rings. The average molecular weight is 780 g/mol. The Kier molecular flexibility index (Phi) is 9.17. The minimum Gasteiger partial charge on any atom is -0.228 e. The van der Waals surface area contributed by atoms with Gasteiger partial charge in [0.2, 0.25) is 0 Å². The van der Waals surface area contributed by atoms with E-state index in [0.717, 1.165) is 67.9 Å². The van der Waals surface area contributed by atoms with Crippen molar-refractivity contribution in [2.24, 2.45) is 0 Å². The van der Waals surface area contributed by atoms with Crippen molar-refractivity contribution in [2.45, 2.75) is 6.42 Å². The summed E-state index contributed by atoms with van der Waals surface area (Å²) < 4.78 is 0. The number of fused-ring (bicyclic) bond motifs is 3. The van der Waals surface area contributed by atoms with Crippen LogP contribution in [0.2, 0.25) is 0 Å². The summed E-state index contributed by atoms with van der Waals surface area (Å²) in [5.74, 6) is 2.58. The predicted molar refractivity (Wildman–Crippen MR) is 247 cm³/mol. The molecule has 0 fully saturated rings. The molecule has 0 saturated heterocycles. The Hall–Kier alpha value is -8.15.